The first-order valence-electron chi connectivity index (χ1n) is 7.35. The molecule has 0 saturated heterocycles. The van der Waals surface area contributed by atoms with E-state index in [9.17, 15) is 4.79 Å². The first-order valence-corrected chi connectivity index (χ1v) is 7.35. The summed E-state index contributed by atoms with van der Waals surface area (Å²) in [5.74, 6) is 0.563. The Hall–Kier alpha value is -1.55. The number of carbonyl (C=O) groups is 1. The molecule has 1 rings (SSSR count). The SMILES string of the molecule is CC(C)c1ccc(CCCNC(=O)NCCCO)cc1. The summed E-state index contributed by atoms with van der Waals surface area (Å²) in [5.41, 5.74) is 2.66. The third kappa shape index (κ3) is 6.57. The van der Waals surface area contributed by atoms with Crippen LogP contribution in [0.25, 0.3) is 0 Å². The minimum atomic E-state index is -0.159. The van der Waals surface area contributed by atoms with Gasteiger partial charge in [-0.3, -0.25) is 0 Å². The maximum atomic E-state index is 11.3. The fraction of sp³-hybridized carbons (Fsp3) is 0.562. The molecule has 4 heteroatoms. The minimum Gasteiger partial charge on any atom is -0.396 e. The molecule has 0 aliphatic rings. The van der Waals surface area contributed by atoms with E-state index in [0.717, 1.165) is 12.8 Å². The van der Waals surface area contributed by atoms with E-state index in [1.807, 2.05) is 0 Å². The van der Waals surface area contributed by atoms with Crippen LogP contribution in [-0.2, 0) is 6.42 Å². The molecule has 0 aromatic heterocycles. The Kier molecular flexibility index (Phi) is 7.73. The number of urea groups is 1. The van der Waals surface area contributed by atoms with Crippen LogP contribution in [0.2, 0.25) is 0 Å². The monoisotopic (exact) mass is 278 g/mol. The molecule has 0 atom stereocenters. The highest BCUT2D eigenvalue weighted by atomic mass is 16.3. The van der Waals surface area contributed by atoms with Gasteiger partial charge in [-0.25, -0.2) is 4.79 Å². The third-order valence-electron chi connectivity index (χ3n) is 3.19. The van der Waals surface area contributed by atoms with Crippen molar-refractivity contribution in [3.05, 3.63) is 35.4 Å². The van der Waals surface area contributed by atoms with Crippen molar-refractivity contribution in [2.75, 3.05) is 19.7 Å². The van der Waals surface area contributed by atoms with Gasteiger partial charge in [-0.05, 0) is 36.3 Å². The molecular formula is C16H26N2O2. The minimum absolute atomic E-state index is 0.104. The van der Waals surface area contributed by atoms with Gasteiger partial charge < -0.3 is 15.7 Å². The zero-order valence-electron chi connectivity index (χ0n) is 12.5. The predicted octanol–water partition coefficient (Wildman–Crippen LogP) is 2.42. The van der Waals surface area contributed by atoms with Crippen molar-refractivity contribution in [2.24, 2.45) is 0 Å². The Morgan fingerprint density at radius 1 is 1.10 bits per heavy atom. The number of aliphatic hydroxyl groups excluding tert-OH is 1. The maximum Gasteiger partial charge on any atom is 0.314 e. The van der Waals surface area contributed by atoms with Gasteiger partial charge in [-0.1, -0.05) is 38.1 Å². The molecule has 2 amide bonds. The van der Waals surface area contributed by atoms with Gasteiger partial charge in [0.25, 0.3) is 0 Å². The Balaban J connectivity index is 2.16. The second-order valence-corrected chi connectivity index (χ2v) is 5.26. The van der Waals surface area contributed by atoms with Gasteiger partial charge in [0, 0.05) is 19.7 Å². The summed E-state index contributed by atoms with van der Waals surface area (Å²) in [6.45, 7) is 5.66. The summed E-state index contributed by atoms with van der Waals surface area (Å²) in [7, 11) is 0. The van der Waals surface area contributed by atoms with E-state index in [2.05, 4.69) is 48.7 Å². The summed E-state index contributed by atoms with van der Waals surface area (Å²) in [5, 5.41) is 14.1. The van der Waals surface area contributed by atoms with Crippen LogP contribution < -0.4 is 10.6 Å². The molecule has 20 heavy (non-hydrogen) atoms. The Morgan fingerprint density at radius 3 is 2.25 bits per heavy atom. The van der Waals surface area contributed by atoms with Crippen LogP contribution in [0, 0.1) is 0 Å². The molecule has 0 aliphatic heterocycles. The van der Waals surface area contributed by atoms with Gasteiger partial charge in [0.2, 0.25) is 0 Å². The van der Waals surface area contributed by atoms with Gasteiger partial charge >= 0.3 is 6.03 Å². The van der Waals surface area contributed by atoms with Crippen LogP contribution in [0.5, 0.6) is 0 Å². The van der Waals surface area contributed by atoms with E-state index in [0.29, 0.717) is 25.4 Å². The molecule has 0 heterocycles. The first-order chi connectivity index (χ1) is 9.63. The molecule has 0 spiro atoms. The lowest BCUT2D eigenvalue weighted by Gasteiger charge is -2.08. The number of aryl methyl sites for hydroxylation is 1. The Labute approximate surface area is 121 Å². The Bertz CT molecular complexity index is 388. The number of benzene rings is 1. The highest BCUT2D eigenvalue weighted by Gasteiger charge is 2.00. The molecule has 0 saturated carbocycles. The van der Waals surface area contributed by atoms with E-state index in [4.69, 9.17) is 5.11 Å². The lowest BCUT2D eigenvalue weighted by molar-refractivity contribution is 0.238. The van der Waals surface area contributed by atoms with E-state index < -0.39 is 0 Å². The van der Waals surface area contributed by atoms with E-state index in [1.54, 1.807) is 0 Å². The molecule has 0 bridgehead atoms. The quantitative estimate of drug-likeness (QED) is 0.640. The molecule has 4 nitrogen and oxygen atoms in total. The van der Waals surface area contributed by atoms with Crippen LogP contribution in [0.4, 0.5) is 4.79 Å². The van der Waals surface area contributed by atoms with E-state index >= 15 is 0 Å². The number of aliphatic hydroxyl groups is 1. The second-order valence-electron chi connectivity index (χ2n) is 5.26. The number of hydrogen-bond acceptors (Lipinski definition) is 2. The van der Waals surface area contributed by atoms with Crippen LogP contribution in [0.1, 0.15) is 43.7 Å². The first kappa shape index (κ1) is 16.5. The molecule has 3 N–H and O–H groups in total. The fourth-order valence-corrected chi connectivity index (χ4v) is 1.91. The maximum absolute atomic E-state index is 11.3. The number of amides is 2. The molecule has 0 unspecified atom stereocenters. The van der Waals surface area contributed by atoms with Crippen LogP contribution >= 0.6 is 0 Å². The average molecular weight is 278 g/mol. The summed E-state index contributed by atoms with van der Waals surface area (Å²) < 4.78 is 0. The number of rotatable bonds is 8. The summed E-state index contributed by atoms with van der Waals surface area (Å²) in [4.78, 5) is 11.3. The number of carbonyl (C=O) groups excluding carboxylic acids is 1. The zero-order valence-corrected chi connectivity index (χ0v) is 12.5. The van der Waals surface area contributed by atoms with Crippen molar-refractivity contribution < 1.29 is 9.90 Å². The van der Waals surface area contributed by atoms with E-state index in [1.165, 1.54) is 11.1 Å². The van der Waals surface area contributed by atoms with Gasteiger partial charge in [0.05, 0.1) is 0 Å². The van der Waals surface area contributed by atoms with Crippen molar-refractivity contribution in [3.8, 4) is 0 Å². The van der Waals surface area contributed by atoms with Gasteiger partial charge in [0.15, 0.2) is 0 Å². The molecule has 0 fully saturated rings. The van der Waals surface area contributed by atoms with Crippen LogP contribution in [-0.4, -0.2) is 30.8 Å². The third-order valence-corrected chi connectivity index (χ3v) is 3.19. The summed E-state index contributed by atoms with van der Waals surface area (Å²) in [6, 6.07) is 8.52. The molecule has 1 aromatic carbocycles. The average Bonchev–Trinajstić information content (AvgIpc) is 2.44. The molecule has 0 aliphatic carbocycles. The molecule has 112 valence electrons. The zero-order chi connectivity index (χ0) is 14.8. The van der Waals surface area contributed by atoms with Gasteiger partial charge in [0.1, 0.15) is 0 Å². The van der Waals surface area contributed by atoms with Gasteiger partial charge in [-0.2, -0.15) is 0 Å². The van der Waals surface area contributed by atoms with Crippen LogP contribution in [0.3, 0.4) is 0 Å². The Morgan fingerprint density at radius 2 is 1.70 bits per heavy atom. The lowest BCUT2D eigenvalue weighted by Crippen LogP contribution is -2.36. The highest BCUT2D eigenvalue weighted by Crippen LogP contribution is 2.15. The van der Waals surface area contributed by atoms with Crippen LogP contribution in [0.15, 0.2) is 24.3 Å². The summed E-state index contributed by atoms with van der Waals surface area (Å²) >= 11 is 0. The largest absolute Gasteiger partial charge is 0.396 e. The summed E-state index contributed by atoms with van der Waals surface area (Å²) in [6.07, 6.45) is 2.49. The smallest absolute Gasteiger partial charge is 0.314 e. The second kappa shape index (κ2) is 9.37. The van der Waals surface area contributed by atoms with E-state index in [-0.39, 0.29) is 12.6 Å². The van der Waals surface area contributed by atoms with Crippen molar-refractivity contribution in [2.45, 2.75) is 39.0 Å². The highest BCUT2D eigenvalue weighted by molar-refractivity contribution is 5.73. The van der Waals surface area contributed by atoms with Crippen molar-refractivity contribution >= 4 is 6.03 Å². The predicted molar refractivity (Wildman–Crippen MR) is 82.0 cm³/mol. The van der Waals surface area contributed by atoms with Crippen molar-refractivity contribution in [1.29, 1.82) is 0 Å². The van der Waals surface area contributed by atoms with Crippen molar-refractivity contribution in [3.63, 3.8) is 0 Å². The normalized spacial score (nSPS) is 10.6. The number of nitrogens with one attached hydrogen (secondary N) is 2. The molecular weight excluding hydrogens is 252 g/mol. The number of hydrogen-bond donors (Lipinski definition) is 3. The topological polar surface area (TPSA) is 61.4 Å². The van der Waals surface area contributed by atoms with Crippen molar-refractivity contribution in [1.82, 2.24) is 10.6 Å². The fourth-order valence-electron chi connectivity index (χ4n) is 1.91. The lowest BCUT2D eigenvalue weighted by atomic mass is 10.0. The molecule has 1 aromatic rings. The van der Waals surface area contributed by atoms with Gasteiger partial charge in [-0.15, -0.1) is 0 Å². The standard InChI is InChI=1S/C16H26N2O2/c1-13(2)15-8-6-14(7-9-15)5-3-10-17-16(20)18-11-4-12-19/h6-9,13,19H,3-5,10-12H2,1-2H3,(H2,17,18,20). The molecule has 0 radical (unpaired) electrons.